The molecule has 1 spiro atoms. The minimum Gasteiger partial charge on any atom is -0.444 e. The van der Waals surface area contributed by atoms with E-state index in [1.807, 2.05) is 25.7 Å². The largest absolute Gasteiger partial charge is 0.444 e. The molecule has 4 nitrogen and oxygen atoms in total. The number of carbonyl (C=O) groups is 1. The summed E-state index contributed by atoms with van der Waals surface area (Å²) < 4.78 is 5.44. The van der Waals surface area contributed by atoms with E-state index in [9.17, 15) is 4.79 Å². The molecule has 18 heavy (non-hydrogen) atoms. The zero-order valence-corrected chi connectivity index (χ0v) is 11.9. The molecule has 2 atom stereocenters. The van der Waals surface area contributed by atoms with Crippen molar-refractivity contribution < 1.29 is 9.53 Å². The van der Waals surface area contributed by atoms with Crippen molar-refractivity contribution in [3.8, 4) is 0 Å². The van der Waals surface area contributed by atoms with Gasteiger partial charge in [-0.15, -0.1) is 0 Å². The Morgan fingerprint density at radius 3 is 2.72 bits per heavy atom. The third-order valence-electron chi connectivity index (χ3n) is 4.23. The normalized spacial score (nSPS) is 32.2. The Bertz CT molecular complexity index is 324. The van der Waals surface area contributed by atoms with E-state index < -0.39 is 5.60 Å². The molecule has 4 heteroatoms. The first-order valence-corrected chi connectivity index (χ1v) is 7.02. The van der Waals surface area contributed by atoms with E-state index in [0.29, 0.717) is 11.3 Å². The Balaban J connectivity index is 1.91. The summed E-state index contributed by atoms with van der Waals surface area (Å²) in [4.78, 5) is 13.9. The van der Waals surface area contributed by atoms with E-state index in [-0.39, 0.29) is 6.09 Å². The minimum atomic E-state index is -0.400. The van der Waals surface area contributed by atoms with Crippen LogP contribution in [0.1, 0.15) is 46.5 Å². The second-order valence-corrected chi connectivity index (χ2v) is 7.00. The highest BCUT2D eigenvalue weighted by molar-refractivity contribution is 5.68. The SMILES string of the molecule is CC(C)(C)OC(=O)N1CC[C@@]2(CC[C@H](CN)C2)C1. The van der Waals surface area contributed by atoms with Crippen LogP contribution in [0.15, 0.2) is 0 Å². The molecule has 1 saturated heterocycles. The molecule has 0 radical (unpaired) electrons. The van der Waals surface area contributed by atoms with Crippen LogP contribution in [0.25, 0.3) is 0 Å². The van der Waals surface area contributed by atoms with Gasteiger partial charge in [0.25, 0.3) is 0 Å². The van der Waals surface area contributed by atoms with E-state index in [1.54, 1.807) is 0 Å². The molecule has 2 aliphatic rings. The monoisotopic (exact) mass is 254 g/mol. The van der Waals surface area contributed by atoms with Gasteiger partial charge in [-0.3, -0.25) is 0 Å². The Hall–Kier alpha value is -0.770. The van der Waals surface area contributed by atoms with Gasteiger partial charge in [0.15, 0.2) is 0 Å². The highest BCUT2D eigenvalue weighted by atomic mass is 16.6. The lowest BCUT2D eigenvalue weighted by atomic mass is 9.84. The number of carbonyl (C=O) groups excluding carboxylic acids is 1. The summed E-state index contributed by atoms with van der Waals surface area (Å²) in [6, 6.07) is 0. The Morgan fingerprint density at radius 2 is 2.17 bits per heavy atom. The zero-order valence-electron chi connectivity index (χ0n) is 11.9. The van der Waals surface area contributed by atoms with E-state index in [2.05, 4.69) is 0 Å². The molecule has 0 aromatic carbocycles. The topological polar surface area (TPSA) is 55.6 Å². The van der Waals surface area contributed by atoms with Crippen LogP contribution in [-0.4, -0.2) is 36.2 Å². The van der Waals surface area contributed by atoms with Gasteiger partial charge in [0.2, 0.25) is 0 Å². The first-order chi connectivity index (χ1) is 8.34. The molecule has 1 heterocycles. The van der Waals surface area contributed by atoms with Crippen molar-refractivity contribution in [3.63, 3.8) is 0 Å². The van der Waals surface area contributed by atoms with Gasteiger partial charge in [-0.1, -0.05) is 0 Å². The molecule has 1 aliphatic carbocycles. The van der Waals surface area contributed by atoms with Crippen molar-refractivity contribution in [1.82, 2.24) is 4.90 Å². The fraction of sp³-hybridized carbons (Fsp3) is 0.929. The number of nitrogens with two attached hydrogens (primary N) is 1. The average Bonchev–Trinajstić information content (AvgIpc) is 2.84. The lowest BCUT2D eigenvalue weighted by Gasteiger charge is -2.27. The van der Waals surface area contributed by atoms with Crippen molar-refractivity contribution in [1.29, 1.82) is 0 Å². The second kappa shape index (κ2) is 4.72. The maximum atomic E-state index is 12.0. The van der Waals surface area contributed by atoms with Gasteiger partial charge < -0.3 is 15.4 Å². The van der Waals surface area contributed by atoms with Crippen molar-refractivity contribution in [2.24, 2.45) is 17.1 Å². The van der Waals surface area contributed by atoms with Crippen LogP contribution >= 0.6 is 0 Å². The smallest absolute Gasteiger partial charge is 0.410 e. The lowest BCUT2D eigenvalue weighted by Crippen LogP contribution is -2.36. The van der Waals surface area contributed by atoms with Crippen molar-refractivity contribution in [2.75, 3.05) is 19.6 Å². The predicted octanol–water partition coefficient (Wildman–Crippen LogP) is 2.37. The van der Waals surface area contributed by atoms with Gasteiger partial charge in [-0.05, 0) is 64.3 Å². The van der Waals surface area contributed by atoms with Gasteiger partial charge in [-0.2, -0.15) is 0 Å². The van der Waals surface area contributed by atoms with E-state index in [0.717, 1.165) is 26.1 Å². The van der Waals surface area contributed by atoms with Gasteiger partial charge in [-0.25, -0.2) is 4.79 Å². The number of rotatable bonds is 1. The van der Waals surface area contributed by atoms with Gasteiger partial charge in [0.05, 0.1) is 0 Å². The molecule has 1 aliphatic heterocycles. The number of hydrogen-bond donors (Lipinski definition) is 1. The summed E-state index contributed by atoms with van der Waals surface area (Å²) in [5.74, 6) is 0.656. The van der Waals surface area contributed by atoms with E-state index in [1.165, 1.54) is 19.3 Å². The van der Waals surface area contributed by atoms with Crippen molar-refractivity contribution in [2.45, 2.75) is 52.1 Å². The van der Waals surface area contributed by atoms with Crippen LogP contribution in [0.3, 0.4) is 0 Å². The summed E-state index contributed by atoms with van der Waals surface area (Å²) in [6.45, 7) is 8.23. The molecule has 1 saturated carbocycles. The summed E-state index contributed by atoms with van der Waals surface area (Å²) in [5, 5.41) is 0. The number of nitrogens with zero attached hydrogens (tertiary/aromatic N) is 1. The highest BCUT2D eigenvalue weighted by Crippen LogP contribution is 2.47. The Labute approximate surface area is 110 Å². The van der Waals surface area contributed by atoms with E-state index in [4.69, 9.17) is 10.5 Å². The van der Waals surface area contributed by atoms with Crippen LogP contribution in [0.5, 0.6) is 0 Å². The number of amides is 1. The van der Waals surface area contributed by atoms with Gasteiger partial charge in [0, 0.05) is 13.1 Å². The molecule has 2 N–H and O–H groups in total. The zero-order chi connectivity index (χ0) is 13.4. The maximum Gasteiger partial charge on any atom is 0.410 e. The molecule has 1 amide bonds. The van der Waals surface area contributed by atoms with Crippen LogP contribution in [0.4, 0.5) is 4.79 Å². The molecule has 0 unspecified atom stereocenters. The maximum absolute atomic E-state index is 12.0. The first kappa shape index (κ1) is 13.7. The number of hydrogen-bond acceptors (Lipinski definition) is 3. The highest BCUT2D eigenvalue weighted by Gasteiger charge is 2.45. The van der Waals surface area contributed by atoms with Crippen molar-refractivity contribution in [3.05, 3.63) is 0 Å². The third kappa shape index (κ3) is 2.97. The lowest BCUT2D eigenvalue weighted by molar-refractivity contribution is 0.0273. The standard InChI is InChI=1S/C14H26N2O2/c1-13(2,3)18-12(17)16-7-6-14(10-16)5-4-11(8-14)9-15/h11H,4-10,15H2,1-3H3/t11-,14+/m0/s1. The molecule has 2 rings (SSSR count). The molecule has 104 valence electrons. The van der Waals surface area contributed by atoms with Crippen LogP contribution < -0.4 is 5.73 Å². The molecular weight excluding hydrogens is 228 g/mol. The molecular formula is C14H26N2O2. The quantitative estimate of drug-likeness (QED) is 0.781. The third-order valence-corrected chi connectivity index (χ3v) is 4.23. The fourth-order valence-corrected chi connectivity index (χ4v) is 3.32. The van der Waals surface area contributed by atoms with Crippen molar-refractivity contribution >= 4 is 6.09 Å². The predicted molar refractivity (Wildman–Crippen MR) is 71.3 cm³/mol. The molecule has 2 fully saturated rings. The van der Waals surface area contributed by atoms with Crippen LogP contribution in [-0.2, 0) is 4.74 Å². The summed E-state index contributed by atoms with van der Waals surface area (Å²) in [6.07, 6.45) is 4.58. The summed E-state index contributed by atoms with van der Waals surface area (Å²) >= 11 is 0. The Kier molecular flexibility index (Phi) is 3.58. The minimum absolute atomic E-state index is 0.157. The summed E-state index contributed by atoms with van der Waals surface area (Å²) in [5.41, 5.74) is 5.69. The van der Waals surface area contributed by atoms with Gasteiger partial charge >= 0.3 is 6.09 Å². The summed E-state index contributed by atoms with van der Waals surface area (Å²) in [7, 11) is 0. The first-order valence-electron chi connectivity index (χ1n) is 7.02. The van der Waals surface area contributed by atoms with Crippen LogP contribution in [0, 0.1) is 11.3 Å². The molecule has 0 aromatic heterocycles. The number of ether oxygens (including phenoxy) is 1. The number of likely N-dealkylation sites (tertiary alicyclic amines) is 1. The van der Waals surface area contributed by atoms with Gasteiger partial charge in [0.1, 0.15) is 5.60 Å². The molecule has 0 bridgehead atoms. The molecule has 0 aromatic rings. The Morgan fingerprint density at radius 1 is 1.44 bits per heavy atom. The average molecular weight is 254 g/mol. The fourth-order valence-electron chi connectivity index (χ4n) is 3.32. The van der Waals surface area contributed by atoms with Crippen LogP contribution in [0.2, 0.25) is 0 Å². The van der Waals surface area contributed by atoms with E-state index >= 15 is 0 Å². The second-order valence-electron chi connectivity index (χ2n) is 7.00.